The normalized spacial score (nSPS) is 10.2. The van der Waals surface area contributed by atoms with Crippen LogP contribution in [0.3, 0.4) is 0 Å². The number of aromatic carboxylic acids is 1. The van der Waals surface area contributed by atoms with E-state index in [1.54, 1.807) is 5.38 Å². The summed E-state index contributed by atoms with van der Waals surface area (Å²) in [6, 6.07) is 7.58. The Hall–Kier alpha value is -1.20. The summed E-state index contributed by atoms with van der Waals surface area (Å²) < 4.78 is 0.909. The number of nitrogens with zero attached hydrogens (tertiary/aromatic N) is 1. The molecule has 2 rings (SSSR count). The third-order valence-electron chi connectivity index (χ3n) is 1.84. The first-order valence-corrected chi connectivity index (χ1v) is 5.79. The van der Waals surface area contributed by atoms with Gasteiger partial charge in [-0.3, -0.25) is 0 Å². The molecule has 0 spiro atoms. The lowest BCUT2D eigenvalue weighted by atomic mass is 10.2. The summed E-state index contributed by atoms with van der Waals surface area (Å²) >= 11 is 4.53. The van der Waals surface area contributed by atoms with Crippen LogP contribution in [0.1, 0.15) is 9.80 Å². The highest BCUT2D eigenvalue weighted by Gasteiger charge is 2.11. The molecule has 0 atom stereocenters. The highest BCUT2D eigenvalue weighted by molar-refractivity contribution is 9.10. The van der Waals surface area contributed by atoms with Gasteiger partial charge in [-0.2, -0.15) is 0 Å². The molecule has 0 amide bonds. The largest absolute Gasteiger partial charge is 0.476 e. The van der Waals surface area contributed by atoms with Crippen LogP contribution >= 0.6 is 27.3 Å². The summed E-state index contributed by atoms with van der Waals surface area (Å²) in [4.78, 5) is 14.7. The van der Waals surface area contributed by atoms with E-state index in [2.05, 4.69) is 20.9 Å². The molecule has 76 valence electrons. The van der Waals surface area contributed by atoms with Gasteiger partial charge >= 0.3 is 5.97 Å². The molecular formula is C10H6BrNO2S. The molecule has 0 saturated carbocycles. The van der Waals surface area contributed by atoms with Gasteiger partial charge in [-0.1, -0.05) is 34.1 Å². The van der Waals surface area contributed by atoms with Crippen LogP contribution < -0.4 is 0 Å². The molecule has 2 aromatic rings. The minimum Gasteiger partial charge on any atom is -0.476 e. The Morgan fingerprint density at radius 2 is 2.13 bits per heavy atom. The van der Waals surface area contributed by atoms with Gasteiger partial charge in [0.2, 0.25) is 5.01 Å². The van der Waals surface area contributed by atoms with Crippen molar-refractivity contribution in [2.45, 2.75) is 0 Å². The van der Waals surface area contributed by atoms with Crippen molar-refractivity contribution in [3.05, 3.63) is 39.1 Å². The van der Waals surface area contributed by atoms with E-state index in [0.29, 0.717) is 5.69 Å². The number of thiazole rings is 1. The van der Waals surface area contributed by atoms with Gasteiger partial charge in [-0.15, -0.1) is 11.3 Å². The van der Waals surface area contributed by atoms with Crippen LogP contribution in [0.15, 0.2) is 34.1 Å². The maximum Gasteiger partial charge on any atom is 0.365 e. The predicted molar refractivity (Wildman–Crippen MR) is 62.2 cm³/mol. The summed E-state index contributed by atoms with van der Waals surface area (Å²) in [5.74, 6) is -0.988. The topological polar surface area (TPSA) is 50.2 Å². The van der Waals surface area contributed by atoms with Gasteiger partial charge in [0.05, 0.1) is 5.69 Å². The van der Waals surface area contributed by atoms with Crippen LogP contribution in [0.25, 0.3) is 11.3 Å². The average molecular weight is 284 g/mol. The third kappa shape index (κ3) is 2.08. The Labute approximate surface area is 98.5 Å². The van der Waals surface area contributed by atoms with Crippen molar-refractivity contribution < 1.29 is 9.90 Å². The smallest absolute Gasteiger partial charge is 0.365 e. The molecule has 0 bridgehead atoms. The molecule has 1 aromatic heterocycles. The van der Waals surface area contributed by atoms with Gasteiger partial charge in [0.25, 0.3) is 0 Å². The van der Waals surface area contributed by atoms with Gasteiger partial charge in [-0.05, 0) is 6.07 Å². The molecule has 15 heavy (non-hydrogen) atoms. The summed E-state index contributed by atoms with van der Waals surface area (Å²) in [6.45, 7) is 0. The van der Waals surface area contributed by atoms with Crippen LogP contribution in [0.4, 0.5) is 0 Å². The molecule has 0 saturated heterocycles. The van der Waals surface area contributed by atoms with Crippen molar-refractivity contribution in [2.24, 2.45) is 0 Å². The lowest BCUT2D eigenvalue weighted by Gasteiger charge is -1.98. The molecular weight excluding hydrogens is 278 g/mol. The van der Waals surface area contributed by atoms with Crippen LogP contribution in [0.2, 0.25) is 0 Å². The fraction of sp³-hybridized carbons (Fsp3) is 0. The molecule has 0 unspecified atom stereocenters. The zero-order chi connectivity index (χ0) is 10.8. The Kier molecular flexibility index (Phi) is 2.83. The highest BCUT2D eigenvalue weighted by Crippen LogP contribution is 2.28. The monoisotopic (exact) mass is 283 g/mol. The lowest BCUT2D eigenvalue weighted by Crippen LogP contribution is -1.94. The van der Waals surface area contributed by atoms with Crippen LogP contribution in [-0.2, 0) is 0 Å². The van der Waals surface area contributed by atoms with Crippen molar-refractivity contribution in [1.29, 1.82) is 0 Å². The number of rotatable bonds is 2. The third-order valence-corrected chi connectivity index (χ3v) is 3.36. The minimum atomic E-state index is -0.988. The maximum absolute atomic E-state index is 10.7. The Balaban J connectivity index is 2.46. The second kappa shape index (κ2) is 4.12. The van der Waals surface area contributed by atoms with E-state index in [4.69, 9.17) is 5.11 Å². The van der Waals surface area contributed by atoms with Gasteiger partial charge in [0.1, 0.15) is 0 Å². The van der Waals surface area contributed by atoms with E-state index in [-0.39, 0.29) is 5.01 Å². The first kappa shape index (κ1) is 10.3. The molecule has 1 aromatic carbocycles. The van der Waals surface area contributed by atoms with Gasteiger partial charge < -0.3 is 5.11 Å². The zero-order valence-electron chi connectivity index (χ0n) is 7.48. The number of benzene rings is 1. The summed E-state index contributed by atoms with van der Waals surface area (Å²) in [5.41, 5.74) is 1.59. The van der Waals surface area contributed by atoms with Crippen molar-refractivity contribution in [3.63, 3.8) is 0 Å². The number of halogens is 1. The molecule has 0 radical (unpaired) electrons. The first-order valence-electron chi connectivity index (χ1n) is 4.12. The fourth-order valence-electron chi connectivity index (χ4n) is 1.16. The van der Waals surface area contributed by atoms with E-state index in [0.717, 1.165) is 21.4 Å². The molecule has 1 N–H and O–H groups in total. The second-order valence-electron chi connectivity index (χ2n) is 2.82. The summed E-state index contributed by atoms with van der Waals surface area (Å²) in [6.07, 6.45) is 0. The molecule has 5 heteroatoms. The Morgan fingerprint density at radius 1 is 1.40 bits per heavy atom. The Morgan fingerprint density at radius 3 is 2.73 bits per heavy atom. The van der Waals surface area contributed by atoms with Crippen molar-refractivity contribution in [2.75, 3.05) is 0 Å². The lowest BCUT2D eigenvalue weighted by molar-refractivity contribution is 0.0696. The van der Waals surface area contributed by atoms with E-state index < -0.39 is 5.97 Å². The van der Waals surface area contributed by atoms with Crippen LogP contribution in [-0.4, -0.2) is 16.1 Å². The standard InChI is InChI=1S/C10H6BrNO2S/c11-7-4-2-1-3-6(7)8-5-15-9(12-8)10(13)14/h1-5H,(H,13,14). The average Bonchev–Trinajstić information content (AvgIpc) is 2.67. The van der Waals surface area contributed by atoms with Crippen molar-refractivity contribution >= 4 is 33.2 Å². The van der Waals surface area contributed by atoms with E-state index >= 15 is 0 Å². The van der Waals surface area contributed by atoms with Gasteiger partial charge in [0.15, 0.2) is 0 Å². The number of hydrogen-bond acceptors (Lipinski definition) is 3. The van der Waals surface area contributed by atoms with Crippen LogP contribution in [0.5, 0.6) is 0 Å². The predicted octanol–water partition coefficient (Wildman–Crippen LogP) is 3.27. The van der Waals surface area contributed by atoms with E-state index in [9.17, 15) is 4.79 Å². The van der Waals surface area contributed by atoms with Crippen molar-refractivity contribution in [1.82, 2.24) is 4.98 Å². The van der Waals surface area contributed by atoms with Crippen molar-refractivity contribution in [3.8, 4) is 11.3 Å². The number of aromatic nitrogens is 1. The highest BCUT2D eigenvalue weighted by atomic mass is 79.9. The van der Waals surface area contributed by atoms with Crippen LogP contribution in [0, 0.1) is 0 Å². The summed E-state index contributed by atoms with van der Waals surface area (Å²) in [7, 11) is 0. The Bertz CT molecular complexity index is 510. The molecule has 0 fully saturated rings. The quantitative estimate of drug-likeness (QED) is 0.920. The maximum atomic E-state index is 10.7. The number of carboxylic acids is 1. The van der Waals surface area contributed by atoms with E-state index in [1.165, 1.54) is 0 Å². The fourth-order valence-corrected chi connectivity index (χ4v) is 2.31. The molecule has 0 aliphatic carbocycles. The number of carbonyl (C=O) groups is 1. The summed E-state index contributed by atoms with van der Waals surface area (Å²) in [5, 5.41) is 10.6. The van der Waals surface area contributed by atoms with Gasteiger partial charge in [-0.25, -0.2) is 9.78 Å². The first-order chi connectivity index (χ1) is 7.18. The minimum absolute atomic E-state index is 0.112. The van der Waals surface area contributed by atoms with Gasteiger partial charge in [0, 0.05) is 15.4 Å². The SMILES string of the molecule is O=C(O)c1nc(-c2ccccc2Br)cs1. The molecule has 3 nitrogen and oxygen atoms in total. The van der Waals surface area contributed by atoms with E-state index in [1.807, 2.05) is 24.3 Å². The molecule has 0 aliphatic heterocycles. The molecule has 1 heterocycles. The molecule has 0 aliphatic rings. The zero-order valence-corrected chi connectivity index (χ0v) is 9.88. The second-order valence-corrected chi connectivity index (χ2v) is 4.54. The number of hydrogen-bond donors (Lipinski definition) is 1. The number of carboxylic acid groups (broad SMARTS) is 1.